The summed E-state index contributed by atoms with van der Waals surface area (Å²) in [5, 5.41) is 3.67. The maximum Gasteiger partial charge on any atom is 0.338 e. The predicted octanol–water partition coefficient (Wildman–Crippen LogP) is 3.86. The lowest BCUT2D eigenvalue weighted by molar-refractivity contribution is 0.0462. The first-order valence-electron chi connectivity index (χ1n) is 7.45. The third kappa shape index (κ3) is 4.81. The van der Waals surface area contributed by atoms with Crippen LogP contribution in [0.4, 0.5) is 17.6 Å². The number of nitrogen functional groups attached to an aromatic ring is 1. The average Bonchev–Trinajstić information content (AvgIpc) is 2.59. The topological polar surface area (TPSA) is 103 Å². The number of aromatic nitrogens is 3. The molecule has 26 heavy (non-hydrogen) atoms. The van der Waals surface area contributed by atoms with Gasteiger partial charge in [0.2, 0.25) is 11.9 Å². The van der Waals surface area contributed by atoms with E-state index in [4.69, 9.17) is 33.7 Å². The second kappa shape index (κ2) is 7.99. The van der Waals surface area contributed by atoms with Crippen molar-refractivity contribution >= 4 is 46.8 Å². The van der Waals surface area contributed by atoms with E-state index in [-0.39, 0.29) is 29.9 Å². The molecule has 0 saturated carbocycles. The number of nitrogens with zero attached hydrogens (tertiary/aromatic N) is 3. The minimum Gasteiger partial charge on any atom is -0.454 e. The van der Waals surface area contributed by atoms with E-state index in [1.54, 1.807) is 0 Å². The SMILES string of the molecule is Nc1nc(COC(=O)c2cc(Cl)cc(Cl)c2)nc(Nc2ccccc2)n1. The highest BCUT2D eigenvalue weighted by Gasteiger charge is 2.12. The van der Waals surface area contributed by atoms with Crippen LogP contribution in [0.2, 0.25) is 10.0 Å². The van der Waals surface area contributed by atoms with E-state index in [1.807, 2.05) is 30.3 Å². The van der Waals surface area contributed by atoms with E-state index in [1.165, 1.54) is 18.2 Å². The summed E-state index contributed by atoms with van der Waals surface area (Å²) in [5.74, 6) is -0.140. The standard InChI is InChI=1S/C17H13Cl2N5O2/c18-11-6-10(7-12(19)8-11)15(25)26-9-14-22-16(20)24-17(23-14)21-13-4-2-1-3-5-13/h1-8H,9H2,(H3,20,21,22,23,24). The van der Waals surface area contributed by atoms with Crippen LogP contribution in [0.5, 0.6) is 0 Å². The van der Waals surface area contributed by atoms with Crippen molar-refractivity contribution in [2.75, 3.05) is 11.1 Å². The number of esters is 1. The Morgan fingerprint density at radius 1 is 1.04 bits per heavy atom. The van der Waals surface area contributed by atoms with Crippen LogP contribution in [-0.2, 0) is 11.3 Å². The molecular weight excluding hydrogens is 377 g/mol. The number of hydrogen-bond donors (Lipinski definition) is 2. The molecular formula is C17H13Cl2N5O2. The fourth-order valence-corrected chi connectivity index (χ4v) is 2.62. The van der Waals surface area contributed by atoms with E-state index in [0.29, 0.717) is 10.0 Å². The molecule has 7 nitrogen and oxygen atoms in total. The molecule has 1 aromatic heterocycles. The van der Waals surface area contributed by atoms with Gasteiger partial charge in [-0.05, 0) is 30.3 Å². The first kappa shape index (κ1) is 17.9. The molecule has 0 unspecified atom stereocenters. The summed E-state index contributed by atoms with van der Waals surface area (Å²) in [4.78, 5) is 24.3. The molecule has 9 heteroatoms. The second-order valence-corrected chi connectivity index (χ2v) is 6.03. The number of anilines is 3. The highest BCUT2D eigenvalue weighted by molar-refractivity contribution is 6.35. The lowest BCUT2D eigenvalue weighted by atomic mass is 10.2. The molecule has 2 aromatic carbocycles. The molecule has 0 aliphatic carbocycles. The number of halogens is 2. The Balaban J connectivity index is 1.70. The van der Waals surface area contributed by atoms with E-state index >= 15 is 0 Å². The Morgan fingerprint density at radius 3 is 2.42 bits per heavy atom. The number of rotatable bonds is 5. The quantitative estimate of drug-likeness (QED) is 0.638. The van der Waals surface area contributed by atoms with Crippen molar-refractivity contribution in [1.29, 1.82) is 0 Å². The van der Waals surface area contributed by atoms with Crippen molar-refractivity contribution in [2.45, 2.75) is 6.61 Å². The van der Waals surface area contributed by atoms with Crippen LogP contribution in [0, 0.1) is 0 Å². The first-order chi connectivity index (χ1) is 12.5. The fraction of sp³-hybridized carbons (Fsp3) is 0.0588. The van der Waals surface area contributed by atoms with Gasteiger partial charge in [0.25, 0.3) is 0 Å². The second-order valence-electron chi connectivity index (χ2n) is 5.16. The number of carbonyl (C=O) groups is 1. The van der Waals surface area contributed by atoms with Crippen molar-refractivity contribution in [1.82, 2.24) is 15.0 Å². The summed E-state index contributed by atoms with van der Waals surface area (Å²) in [5.41, 5.74) is 6.71. The molecule has 1 heterocycles. The van der Waals surface area contributed by atoms with Crippen LogP contribution in [-0.4, -0.2) is 20.9 Å². The Bertz CT molecular complexity index is 917. The first-order valence-corrected chi connectivity index (χ1v) is 8.21. The van der Waals surface area contributed by atoms with Gasteiger partial charge in [0.1, 0.15) is 0 Å². The Labute approximate surface area is 159 Å². The van der Waals surface area contributed by atoms with Crippen molar-refractivity contribution in [3.8, 4) is 0 Å². The maximum absolute atomic E-state index is 12.1. The minimum absolute atomic E-state index is 0.00952. The third-order valence-corrected chi connectivity index (χ3v) is 3.60. The molecule has 3 aromatic rings. The normalized spacial score (nSPS) is 10.4. The van der Waals surface area contributed by atoms with E-state index in [9.17, 15) is 4.79 Å². The zero-order valence-corrected chi connectivity index (χ0v) is 14.8. The number of para-hydroxylation sites is 1. The van der Waals surface area contributed by atoms with Gasteiger partial charge in [-0.25, -0.2) is 4.79 Å². The van der Waals surface area contributed by atoms with E-state index in [2.05, 4.69) is 20.3 Å². The van der Waals surface area contributed by atoms with E-state index < -0.39 is 5.97 Å². The Kier molecular flexibility index (Phi) is 5.50. The zero-order valence-electron chi connectivity index (χ0n) is 13.3. The smallest absolute Gasteiger partial charge is 0.338 e. The van der Waals surface area contributed by atoms with Gasteiger partial charge in [-0.15, -0.1) is 0 Å². The average molecular weight is 390 g/mol. The Hall–Kier alpha value is -2.90. The molecule has 3 N–H and O–H groups in total. The van der Waals surface area contributed by atoms with Crippen LogP contribution >= 0.6 is 23.2 Å². The molecule has 0 bridgehead atoms. The number of hydrogen-bond acceptors (Lipinski definition) is 7. The monoisotopic (exact) mass is 389 g/mol. The fourth-order valence-electron chi connectivity index (χ4n) is 2.09. The molecule has 132 valence electrons. The molecule has 3 rings (SSSR count). The maximum atomic E-state index is 12.1. The highest BCUT2D eigenvalue weighted by Crippen LogP contribution is 2.20. The van der Waals surface area contributed by atoms with Crippen LogP contribution in [0.25, 0.3) is 0 Å². The van der Waals surface area contributed by atoms with Gasteiger partial charge >= 0.3 is 5.97 Å². The summed E-state index contributed by atoms with van der Waals surface area (Å²) >= 11 is 11.8. The number of ether oxygens (including phenoxy) is 1. The molecule has 0 aliphatic rings. The molecule has 0 fully saturated rings. The van der Waals surface area contributed by atoms with Crippen LogP contribution < -0.4 is 11.1 Å². The lowest BCUT2D eigenvalue weighted by Gasteiger charge is -2.08. The van der Waals surface area contributed by atoms with Gasteiger partial charge in [0.05, 0.1) is 5.56 Å². The van der Waals surface area contributed by atoms with Gasteiger partial charge in [0, 0.05) is 15.7 Å². The van der Waals surface area contributed by atoms with Gasteiger partial charge in [-0.2, -0.15) is 15.0 Å². The van der Waals surface area contributed by atoms with Gasteiger partial charge in [-0.1, -0.05) is 41.4 Å². The Morgan fingerprint density at radius 2 is 1.73 bits per heavy atom. The van der Waals surface area contributed by atoms with Gasteiger partial charge in [0.15, 0.2) is 12.4 Å². The van der Waals surface area contributed by atoms with Crippen LogP contribution in [0.15, 0.2) is 48.5 Å². The predicted molar refractivity (Wildman–Crippen MR) is 99.5 cm³/mol. The van der Waals surface area contributed by atoms with Gasteiger partial charge < -0.3 is 15.8 Å². The van der Waals surface area contributed by atoms with Crippen LogP contribution in [0.1, 0.15) is 16.2 Å². The summed E-state index contributed by atoms with van der Waals surface area (Å²) in [6.45, 7) is -0.181. The van der Waals surface area contributed by atoms with Crippen molar-refractivity contribution in [2.24, 2.45) is 0 Å². The largest absolute Gasteiger partial charge is 0.454 e. The number of nitrogens with one attached hydrogen (secondary N) is 1. The highest BCUT2D eigenvalue weighted by atomic mass is 35.5. The zero-order chi connectivity index (χ0) is 18.5. The molecule has 0 aliphatic heterocycles. The summed E-state index contributed by atoms with van der Waals surface area (Å²) < 4.78 is 5.19. The molecule has 0 saturated heterocycles. The summed E-state index contributed by atoms with van der Waals surface area (Å²) in [6, 6.07) is 13.8. The minimum atomic E-state index is -0.606. The van der Waals surface area contributed by atoms with Crippen molar-refractivity contribution < 1.29 is 9.53 Å². The number of nitrogens with two attached hydrogens (primary N) is 1. The van der Waals surface area contributed by atoms with Crippen LogP contribution in [0.3, 0.4) is 0 Å². The molecule has 0 amide bonds. The summed E-state index contributed by atoms with van der Waals surface area (Å²) in [6.07, 6.45) is 0. The lowest BCUT2D eigenvalue weighted by Crippen LogP contribution is -2.11. The molecule has 0 radical (unpaired) electrons. The van der Waals surface area contributed by atoms with Gasteiger partial charge in [-0.3, -0.25) is 0 Å². The summed E-state index contributed by atoms with van der Waals surface area (Å²) in [7, 11) is 0. The van der Waals surface area contributed by atoms with E-state index in [0.717, 1.165) is 5.69 Å². The molecule has 0 atom stereocenters. The number of carbonyl (C=O) groups excluding carboxylic acids is 1. The number of benzene rings is 2. The third-order valence-electron chi connectivity index (χ3n) is 3.16. The van der Waals surface area contributed by atoms with Crippen molar-refractivity contribution in [3.63, 3.8) is 0 Å². The molecule has 0 spiro atoms. The van der Waals surface area contributed by atoms with Crippen molar-refractivity contribution in [3.05, 3.63) is 70.0 Å².